The number of carbonyl (C=O) groups excluding carboxylic acids is 1. The summed E-state index contributed by atoms with van der Waals surface area (Å²) in [4.78, 5) is 14.6. The molecule has 2 rings (SSSR count). The van der Waals surface area contributed by atoms with Crippen molar-refractivity contribution < 1.29 is 14.6 Å². The van der Waals surface area contributed by atoms with Gasteiger partial charge < -0.3 is 20.5 Å². The fraction of sp³-hybridized carbons (Fsp3) is 0.929. The number of nitrogens with two attached hydrogens (primary N) is 1. The fourth-order valence-electron chi connectivity index (χ4n) is 3.31. The molecule has 5 nitrogen and oxygen atoms in total. The lowest BCUT2D eigenvalue weighted by molar-refractivity contribution is -0.153. The average Bonchev–Trinajstić information content (AvgIpc) is 2.39. The highest BCUT2D eigenvalue weighted by Crippen LogP contribution is 2.31. The zero-order valence-electron chi connectivity index (χ0n) is 11.9. The quantitative estimate of drug-likeness (QED) is 0.759. The number of rotatable bonds is 2. The summed E-state index contributed by atoms with van der Waals surface area (Å²) in [5.41, 5.74) is 6.16. The number of morpholine rings is 1. The first-order valence-electron chi connectivity index (χ1n) is 7.33. The Kier molecular flexibility index (Phi) is 4.81. The summed E-state index contributed by atoms with van der Waals surface area (Å²) in [5, 5.41) is 9.20. The van der Waals surface area contributed by atoms with E-state index in [2.05, 4.69) is 6.92 Å². The molecule has 2 fully saturated rings. The minimum Gasteiger partial charge on any atom is -0.394 e. The van der Waals surface area contributed by atoms with E-state index in [0.717, 1.165) is 19.3 Å². The van der Waals surface area contributed by atoms with Crippen molar-refractivity contribution in [3.8, 4) is 0 Å². The van der Waals surface area contributed by atoms with Gasteiger partial charge in [0.25, 0.3) is 0 Å². The standard InChI is InChI=1S/C14H26N2O3/c1-9-4-3-5-12(15)13(9)14(18)16-6-11(7-17)19-8-10(16)2/h9-13,17H,3-8,15H2,1-2H3. The van der Waals surface area contributed by atoms with Crippen LogP contribution in [0.5, 0.6) is 0 Å². The van der Waals surface area contributed by atoms with Gasteiger partial charge in [0, 0.05) is 12.6 Å². The molecule has 0 aromatic rings. The maximum atomic E-state index is 12.8. The van der Waals surface area contributed by atoms with E-state index in [9.17, 15) is 9.90 Å². The highest BCUT2D eigenvalue weighted by molar-refractivity contribution is 5.80. The summed E-state index contributed by atoms with van der Waals surface area (Å²) in [6, 6.07) is 0.0375. The molecule has 0 aromatic heterocycles. The first-order chi connectivity index (χ1) is 9.04. The molecule has 5 atom stereocenters. The summed E-state index contributed by atoms with van der Waals surface area (Å²) in [7, 11) is 0. The Morgan fingerprint density at radius 3 is 2.79 bits per heavy atom. The number of amides is 1. The molecular formula is C14H26N2O3. The molecule has 1 saturated heterocycles. The number of aliphatic hydroxyl groups is 1. The van der Waals surface area contributed by atoms with E-state index in [1.807, 2.05) is 11.8 Å². The topological polar surface area (TPSA) is 75.8 Å². The molecule has 0 aromatic carbocycles. The second kappa shape index (κ2) is 6.20. The van der Waals surface area contributed by atoms with Gasteiger partial charge in [0.2, 0.25) is 5.91 Å². The molecule has 2 aliphatic rings. The Morgan fingerprint density at radius 2 is 2.16 bits per heavy atom. The molecule has 0 radical (unpaired) electrons. The van der Waals surface area contributed by atoms with Crippen molar-refractivity contribution in [2.24, 2.45) is 17.6 Å². The van der Waals surface area contributed by atoms with Crippen molar-refractivity contribution in [3.63, 3.8) is 0 Å². The van der Waals surface area contributed by atoms with Gasteiger partial charge >= 0.3 is 0 Å². The van der Waals surface area contributed by atoms with Crippen LogP contribution in [0, 0.1) is 11.8 Å². The molecule has 1 saturated carbocycles. The Bertz CT molecular complexity index is 314. The molecular weight excluding hydrogens is 244 g/mol. The summed E-state index contributed by atoms with van der Waals surface area (Å²) in [6.45, 7) is 5.04. The van der Waals surface area contributed by atoms with E-state index in [1.165, 1.54) is 0 Å². The van der Waals surface area contributed by atoms with E-state index >= 15 is 0 Å². The maximum absolute atomic E-state index is 12.8. The second-order valence-corrected chi connectivity index (χ2v) is 6.08. The van der Waals surface area contributed by atoms with Crippen molar-refractivity contribution in [3.05, 3.63) is 0 Å². The maximum Gasteiger partial charge on any atom is 0.227 e. The van der Waals surface area contributed by atoms with Crippen molar-refractivity contribution in [1.82, 2.24) is 4.90 Å². The molecule has 0 bridgehead atoms. The summed E-state index contributed by atoms with van der Waals surface area (Å²) in [5.74, 6) is 0.418. The second-order valence-electron chi connectivity index (χ2n) is 6.08. The summed E-state index contributed by atoms with van der Waals surface area (Å²) < 4.78 is 5.49. The zero-order valence-corrected chi connectivity index (χ0v) is 11.9. The summed E-state index contributed by atoms with van der Waals surface area (Å²) in [6.07, 6.45) is 2.87. The lowest BCUT2D eigenvalue weighted by Gasteiger charge is -2.42. The Labute approximate surface area is 115 Å². The molecule has 5 heteroatoms. The Balaban J connectivity index is 2.08. The number of ether oxygens (including phenoxy) is 1. The minimum absolute atomic E-state index is 0.0288. The van der Waals surface area contributed by atoms with Crippen LogP contribution in [0.4, 0.5) is 0 Å². The molecule has 1 aliphatic carbocycles. The van der Waals surface area contributed by atoms with Crippen LogP contribution in [0.3, 0.4) is 0 Å². The van der Waals surface area contributed by atoms with Crippen molar-refractivity contribution in [2.45, 2.75) is 51.3 Å². The first kappa shape index (κ1) is 14.8. The first-order valence-corrected chi connectivity index (χ1v) is 7.33. The minimum atomic E-state index is -0.254. The van der Waals surface area contributed by atoms with Crippen LogP contribution in [0.1, 0.15) is 33.1 Å². The highest BCUT2D eigenvalue weighted by atomic mass is 16.5. The molecule has 1 amide bonds. The van der Waals surface area contributed by atoms with E-state index in [1.54, 1.807) is 0 Å². The van der Waals surface area contributed by atoms with Gasteiger partial charge in [-0.05, 0) is 25.7 Å². The smallest absolute Gasteiger partial charge is 0.227 e. The molecule has 1 heterocycles. The van der Waals surface area contributed by atoms with Crippen molar-refractivity contribution in [2.75, 3.05) is 19.8 Å². The van der Waals surface area contributed by atoms with Gasteiger partial charge in [-0.3, -0.25) is 4.79 Å². The molecule has 19 heavy (non-hydrogen) atoms. The average molecular weight is 270 g/mol. The fourth-order valence-corrected chi connectivity index (χ4v) is 3.31. The Morgan fingerprint density at radius 1 is 1.42 bits per heavy atom. The van der Waals surface area contributed by atoms with Crippen LogP contribution in [-0.4, -0.2) is 53.9 Å². The SMILES string of the molecule is CC1CCCC(N)C1C(=O)N1CC(CO)OCC1C. The summed E-state index contributed by atoms with van der Waals surface area (Å²) >= 11 is 0. The third kappa shape index (κ3) is 3.09. The normalized spacial score (nSPS) is 40.2. The number of carbonyl (C=O) groups is 1. The predicted octanol–water partition coefficient (Wildman–Crippen LogP) is 0.358. The van der Waals surface area contributed by atoms with Gasteiger partial charge in [-0.2, -0.15) is 0 Å². The lowest BCUT2D eigenvalue weighted by Crippen LogP contribution is -2.57. The van der Waals surface area contributed by atoms with Crippen LogP contribution in [0.25, 0.3) is 0 Å². The van der Waals surface area contributed by atoms with Crippen LogP contribution < -0.4 is 5.73 Å². The van der Waals surface area contributed by atoms with Gasteiger partial charge in [-0.25, -0.2) is 0 Å². The van der Waals surface area contributed by atoms with Crippen LogP contribution in [-0.2, 0) is 9.53 Å². The van der Waals surface area contributed by atoms with E-state index in [4.69, 9.17) is 10.5 Å². The third-order valence-electron chi connectivity index (χ3n) is 4.55. The molecule has 3 N–H and O–H groups in total. The number of hydrogen-bond donors (Lipinski definition) is 2. The van der Waals surface area contributed by atoms with Crippen LogP contribution in [0.2, 0.25) is 0 Å². The van der Waals surface area contributed by atoms with Gasteiger partial charge in [0.05, 0.1) is 31.3 Å². The van der Waals surface area contributed by atoms with Crippen molar-refractivity contribution >= 4 is 5.91 Å². The van der Waals surface area contributed by atoms with Gasteiger partial charge in [-0.15, -0.1) is 0 Å². The number of nitrogens with zero attached hydrogens (tertiary/aromatic N) is 1. The molecule has 110 valence electrons. The van der Waals surface area contributed by atoms with Crippen molar-refractivity contribution in [1.29, 1.82) is 0 Å². The predicted molar refractivity (Wildman–Crippen MR) is 72.5 cm³/mol. The zero-order chi connectivity index (χ0) is 14.0. The molecule has 5 unspecified atom stereocenters. The largest absolute Gasteiger partial charge is 0.394 e. The number of aliphatic hydroxyl groups excluding tert-OH is 1. The third-order valence-corrected chi connectivity index (χ3v) is 4.55. The monoisotopic (exact) mass is 270 g/mol. The lowest BCUT2D eigenvalue weighted by atomic mass is 9.76. The van der Waals surface area contributed by atoms with Crippen LogP contribution in [0.15, 0.2) is 0 Å². The molecule has 1 aliphatic heterocycles. The van der Waals surface area contributed by atoms with Crippen LogP contribution >= 0.6 is 0 Å². The number of hydrogen-bond acceptors (Lipinski definition) is 4. The Hall–Kier alpha value is -0.650. The van der Waals surface area contributed by atoms with Gasteiger partial charge in [0.1, 0.15) is 0 Å². The van der Waals surface area contributed by atoms with E-state index < -0.39 is 0 Å². The molecule has 0 spiro atoms. The van der Waals surface area contributed by atoms with Gasteiger partial charge in [-0.1, -0.05) is 13.3 Å². The van der Waals surface area contributed by atoms with E-state index in [0.29, 0.717) is 19.1 Å². The van der Waals surface area contributed by atoms with Gasteiger partial charge in [0.15, 0.2) is 0 Å². The highest BCUT2D eigenvalue weighted by Gasteiger charge is 2.39. The van der Waals surface area contributed by atoms with E-state index in [-0.39, 0.29) is 36.6 Å².